The predicted molar refractivity (Wildman–Crippen MR) is 75.4 cm³/mol. The van der Waals surface area contributed by atoms with Gasteiger partial charge < -0.3 is 5.73 Å². The van der Waals surface area contributed by atoms with Crippen LogP contribution in [-0.2, 0) is 6.42 Å². The van der Waals surface area contributed by atoms with Crippen LogP contribution >= 0.6 is 34.5 Å². The summed E-state index contributed by atoms with van der Waals surface area (Å²) in [6.45, 7) is 4.11. The maximum Gasteiger partial charge on any atom is 0.138 e. The average Bonchev–Trinajstić information content (AvgIpc) is 2.85. The molecule has 0 amide bonds. The molecule has 2 N–H and O–H groups in total. The third kappa shape index (κ3) is 2.85. The number of rotatable bonds is 4. The molecule has 0 bridgehead atoms. The van der Waals surface area contributed by atoms with E-state index in [1.807, 2.05) is 10.7 Å². The molecule has 0 spiro atoms. The van der Waals surface area contributed by atoms with Crippen molar-refractivity contribution in [3.8, 4) is 0 Å². The van der Waals surface area contributed by atoms with Crippen molar-refractivity contribution in [1.29, 1.82) is 0 Å². The summed E-state index contributed by atoms with van der Waals surface area (Å²) < 4.78 is 3.15. The molecule has 0 radical (unpaired) electrons. The van der Waals surface area contributed by atoms with Gasteiger partial charge in [0.25, 0.3) is 0 Å². The minimum Gasteiger partial charge on any atom is -0.324 e. The van der Waals surface area contributed by atoms with E-state index in [-0.39, 0.29) is 12.1 Å². The molecule has 0 fully saturated rings. The molecule has 1 unspecified atom stereocenters. The fourth-order valence-electron chi connectivity index (χ4n) is 1.76. The lowest BCUT2D eigenvalue weighted by Crippen LogP contribution is -2.17. The van der Waals surface area contributed by atoms with Crippen LogP contribution in [0.1, 0.15) is 37.3 Å². The molecule has 0 aliphatic carbocycles. The Kier molecular flexibility index (Phi) is 4.27. The lowest BCUT2D eigenvalue weighted by molar-refractivity contribution is 0.493. The summed E-state index contributed by atoms with van der Waals surface area (Å²) >= 11 is 13.3. The summed E-state index contributed by atoms with van der Waals surface area (Å²) in [7, 11) is 0. The Balaban J connectivity index is 2.18. The van der Waals surface area contributed by atoms with E-state index in [9.17, 15) is 0 Å². The smallest absolute Gasteiger partial charge is 0.138 e. The Morgan fingerprint density at radius 1 is 1.44 bits per heavy atom. The molecular formula is C11H14Cl2N4S. The quantitative estimate of drug-likeness (QED) is 0.941. The molecular weight excluding hydrogens is 291 g/mol. The minimum atomic E-state index is -0.219. The number of aromatic nitrogens is 3. The van der Waals surface area contributed by atoms with E-state index in [1.54, 1.807) is 6.33 Å². The van der Waals surface area contributed by atoms with E-state index in [0.717, 1.165) is 11.4 Å². The molecule has 1 atom stereocenters. The first-order chi connectivity index (χ1) is 8.49. The third-order valence-electron chi connectivity index (χ3n) is 2.62. The zero-order chi connectivity index (χ0) is 13.3. The summed E-state index contributed by atoms with van der Waals surface area (Å²) in [5.74, 6) is 0.857. The van der Waals surface area contributed by atoms with Gasteiger partial charge in [0, 0.05) is 24.1 Å². The van der Waals surface area contributed by atoms with Gasteiger partial charge in [-0.15, -0.1) is 11.3 Å². The summed E-state index contributed by atoms with van der Waals surface area (Å²) in [6.07, 6.45) is 2.13. The zero-order valence-electron chi connectivity index (χ0n) is 10.1. The summed E-state index contributed by atoms with van der Waals surface area (Å²) in [4.78, 5) is 4.24. The van der Waals surface area contributed by atoms with Crippen LogP contribution in [0.3, 0.4) is 0 Å². The Labute approximate surface area is 120 Å². The lowest BCUT2D eigenvalue weighted by Gasteiger charge is -2.13. The van der Waals surface area contributed by atoms with Crippen molar-refractivity contribution in [2.75, 3.05) is 0 Å². The number of nitrogens with two attached hydrogens (primary N) is 1. The first kappa shape index (κ1) is 13.8. The van der Waals surface area contributed by atoms with Crippen LogP contribution in [0.2, 0.25) is 8.67 Å². The summed E-state index contributed by atoms with van der Waals surface area (Å²) in [5, 5.41) is 4.18. The van der Waals surface area contributed by atoms with Gasteiger partial charge >= 0.3 is 0 Å². The highest BCUT2D eigenvalue weighted by Gasteiger charge is 2.17. The Morgan fingerprint density at radius 3 is 2.72 bits per heavy atom. The van der Waals surface area contributed by atoms with Gasteiger partial charge in [-0.25, -0.2) is 9.67 Å². The van der Waals surface area contributed by atoms with Crippen LogP contribution in [0.5, 0.6) is 0 Å². The molecule has 2 aromatic heterocycles. The van der Waals surface area contributed by atoms with Gasteiger partial charge in [-0.1, -0.05) is 23.2 Å². The topological polar surface area (TPSA) is 56.7 Å². The van der Waals surface area contributed by atoms with Gasteiger partial charge in [-0.05, 0) is 19.9 Å². The molecule has 0 saturated carbocycles. The second-order valence-corrected chi connectivity index (χ2v) is 6.59. The highest BCUT2D eigenvalue weighted by atomic mass is 35.5. The monoisotopic (exact) mass is 304 g/mol. The fourth-order valence-corrected chi connectivity index (χ4v) is 3.36. The summed E-state index contributed by atoms with van der Waals surface area (Å²) in [6, 6.07) is 1.86. The van der Waals surface area contributed by atoms with Gasteiger partial charge in [0.2, 0.25) is 0 Å². The van der Waals surface area contributed by atoms with Crippen LogP contribution in [0, 0.1) is 0 Å². The molecule has 0 aliphatic heterocycles. The van der Waals surface area contributed by atoms with Crippen molar-refractivity contribution >= 4 is 34.5 Å². The van der Waals surface area contributed by atoms with E-state index >= 15 is 0 Å². The summed E-state index contributed by atoms with van der Waals surface area (Å²) in [5.41, 5.74) is 7.02. The van der Waals surface area contributed by atoms with E-state index in [2.05, 4.69) is 23.9 Å². The second kappa shape index (κ2) is 5.57. The Hall–Kier alpha value is -0.620. The Morgan fingerprint density at radius 2 is 2.17 bits per heavy atom. The van der Waals surface area contributed by atoms with E-state index in [4.69, 9.17) is 28.9 Å². The van der Waals surface area contributed by atoms with Crippen molar-refractivity contribution in [2.24, 2.45) is 5.73 Å². The van der Waals surface area contributed by atoms with Crippen LogP contribution in [-0.4, -0.2) is 14.8 Å². The average molecular weight is 305 g/mol. The van der Waals surface area contributed by atoms with Gasteiger partial charge in [-0.3, -0.25) is 0 Å². The second-order valence-electron chi connectivity index (χ2n) is 4.30. The molecule has 0 saturated heterocycles. The van der Waals surface area contributed by atoms with Crippen molar-refractivity contribution in [1.82, 2.24) is 14.8 Å². The molecule has 0 aliphatic rings. The maximum atomic E-state index is 6.15. The largest absolute Gasteiger partial charge is 0.324 e. The first-order valence-corrected chi connectivity index (χ1v) is 7.15. The van der Waals surface area contributed by atoms with Crippen LogP contribution in [0.25, 0.3) is 0 Å². The molecule has 0 aromatic carbocycles. The molecule has 2 rings (SSSR count). The van der Waals surface area contributed by atoms with E-state index in [1.165, 1.54) is 11.3 Å². The molecule has 4 nitrogen and oxygen atoms in total. The van der Waals surface area contributed by atoms with Gasteiger partial charge in [-0.2, -0.15) is 5.10 Å². The van der Waals surface area contributed by atoms with Crippen molar-refractivity contribution in [2.45, 2.75) is 32.4 Å². The highest BCUT2D eigenvalue weighted by molar-refractivity contribution is 7.20. The first-order valence-electron chi connectivity index (χ1n) is 5.57. The van der Waals surface area contributed by atoms with E-state index < -0.39 is 0 Å². The number of hydrogen-bond acceptors (Lipinski definition) is 4. The lowest BCUT2D eigenvalue weighted by atomic mass is 10.1. The van der Waals surface area contributed by atoms with Gasteiger partial charge in [0.1, 0.15) is 12.2 Å². The molecule has 7 heteroatoms. The minimum absolute atomic E-state index is 0.219. The predicted octanol–water partition coefficient (Wildman–Crippen LogP) is 3.47. The number of halogens is 2. The van der Waals surface area contributed by atoms with Gasteiger partial charge in [0.15, 0.2) is 0 Å². The SMILES string of the molecule is CC(C)n1ncnc1CC(N)c1cc(Cl)sc1Cl. The standard InChI is InChI=1S/C11H14Cl2N4S/c1-6(2)17-10(15-5-16-17)4-8(14)7-3-9(12)18-11(7)13/h3,5-6,8H,4,14H2,1-2H3. The zero-order valence-corrected chi connectivity index (χ0v) is 12.4. The van der Waals surface area contributed by atoms with Crippen LogP contribution < -0.4 is 5.73 Å². The van der Waals surface area contributed by atoms with Crippen LogP contribution in [0.4, 0.5) is 0 Å². The van der Waals surface area contributed by atoms with Crippen LogP contribution in [0.15, 0.2) is 12.4 Å². The molecule has 98 valence electrons. The van der Waals surface area contributed by atoms with Crippen molar-refractivity contribution in [3.63, 3.8) is 0 Å². The van der Waals surface area contributed by atoms with Gasteiger partial charge in [0.05, 0.1) is 8.67 Å². The normalized spacial score (nSPS) is 13.2. The fraction of sp³-hybridized carbons (Fsp3) is 0.455. The number of nitrogens with zero attached hydrogens (tertiary/aromatic N) is 3. The maximum absolute atomic E-state index is 6.15. The third-order valence-corrected chi connectivity index (χ3v) is 4.14. The number of hydrogen-bond donors (Lipinski definition) is 1. The Bertz CT molecular complexity index is 535. The van der Waals surface area contributed by atoms with Crippen molar-refractivity contribution < 1.29 is 0 Å². The number of thiophene rings is 1. The molecule has 2 heterocycles. The van der Waals surface area contributed by atoms with E-state index in [0.29, 0.717) is 15.1 Å². The van der Waals surface area contributed by atoms with Crippen molar-refractivity contribution in [3.05, 3.63) is 32.5 Å². The molecule has 2 aromatic rings. The molecule has 18 heavy (non-hydrogen) atoms. The highest BCUT2D eigenvalue weighted by Crippen LogP contribution is 2.35.